The Morgan fingerprint density at radius 1 is 1.32 bits per heavy atom. The molecule has 2 N–H and O–H groups in total. The Kier molecular flexibility index (Phi) is 4.71. The molecule has 0 aliphatic rings. The Morgan fingerprint density at radius 3 is 2.58 bits per heavy atom. The molecule has 0 spiro atoms. The normalized spacial score (nSPS) is 12.6. The number of nitrogens with two attached hydrogens (primary N) is 1. The van der Waals surface area contributed by atoms with Crippen molar-refractivity contribution in [3.05, 3.63) is 46.0 Å². The predicted molar refractivity (Wildman–Crippen MR) is 79.9 cm³/mol. The first-order chi connectivity index (χ1) is 9.11. The van der Waals surface area contributed by atoms with Crippen LogP contribution in [0.15, 0.2) is 29.0 Å². The number of halogens is 1. The van der Waals surface area contributed by atoms with Gasteiger partial charge in [-0.3, -0.25) is 9.67 Å². The molecule has 0 aromatic carbocycles. The van der Waals surface area contributed by atoms with Crippen LogP contribution in [0.3, 0.4) is 0 Å². The van der Waals surface area contributed by atoms with Gasteiger partial charge >= 0.3 is 0 Å². The Hall–Kier alpha value is -1.20. The monoisotopic (exact) mass is 322 g/mol. The van der Waals surface area contributed by atoms with Gasteiger partial charge in [-0.2, -0.15) is 5.10 Å². The van der Waals surface area contributed by atoms with Crippen molar-refractivity contribution in [2.24, 2.45) is 12.8 Å². The molecule has 5 heteroatoms. The number of hydrogen-bond acceptors (Lipinski definition) is 3. The number of aromatic nitrogens is 3. The summed E-state index contributed by atoms with van der Waals surface area (Å²) in [5, 5.41) is 4.49. The number of hydrogen-bond donors (Lipinski definition) is 1. The molecule has 0 amide bonds. The molecule has 0 aliphatic heterocycles. The van der Waals surface area contributed by atoms with E-state index in [4.69, 9.17) is 5.73 Å². The molecule has 0 aliphatic carbocycles. The van der Waals surface area contributed by atoms with E-state index in [1.807, 2.05) is 23.9 Å². The summed E-state index contributed by atoms with van der Waals surface area (Å²) < 4.78 is 3.03. The molecule has 1 unspecified atom stereocenters. The highest BCUT2D eigenvalue weighted by Gasteiger charge is 2.15. The minimum absolute atomic E-state index is 0.0822. The lowest BCUT2D eigenvalue weighted by molar-refractivity contribution is 0.610. The smallest absolute Gasteiger partial charge is 0.0766 e. The van der Waals surface area contributed by atoms with E-state index in [1.165, 1.54) is 11.3 Å². The third kappa shape index (κ3) is 3.42. The second kappa shape index (κ2) is 6.30. The minimum Gasteiger partial charge on any atom is -0.327 e. The lowest BCUT2D eigenvalue weighted by Crippen LogP contribution is -2.26. The second-order valence-corrected chi connectivity index (χ2v) is 5.50. The summed E-state index contributed by atoms with van der Waals surface area (Å²) in [7, 11) is 1.97. The maximum atomic E-state index is 6.24. The van der Waals surface area contributed by atoms with Crippen molar-refractivity contribution < 1.29 is 0 Å². The van der Waals surface area contributed by atoms with E-state index in [-0.39, 0.29) is 6.04 Å². The molecule has 0 fully saturated rings. The minimum atomic E-state index is 0.0822. The van der Waals surface area contributed by atoms with Gasteiger partial charge in [0.25, 0.3) is 0 Å². The molecule has 2 aromatic heterocycles. The van der Waals surface area contributed by atoms with E-state index >= 15 is 0 Å². The van der Waals surface area contributed by atoms with Crippen LogP contribution in [0.4, 0.5) is 0 Å². The highest BCUT2D eigenvalue weighted by atomic mass is 79.9. The summed E-state index contributed by atoms with van der Waals surface area (Å²) in [6.45, 7) is 2.10. The average Bonchev–Trinajstić information content (AvgIpc) is 2.67. The Morgan fingerprint density at radius 2 is 2.00 bits per heavy atom. The molecule has 0 saturated heterocycles. The van der Waals surface area contributed by atoms with E-state index in [9.17, 15) is 0 Å². The van der Waals surface area contributed by atoms with Crippen molar-refractivity contribution in [2.45, 2.75) is 32.2 Å². The van der Waals surface area contributed by atoms with Crippen LogP contribution in [-0.4, -0.2) is 20.8 Å². The van der Waals surface area contributed by atoms with Crippen molar-refractivity contribution in [2.75, 3.05) is 0 Å². The van der Waals surface area contributed by atoms with E-state index in [0.29, 0.717) is 0 Å². The number of rotatable bonds is 5. The quantitative estimate of drug-likeness (QED) is 0.918. The molecule has 2 heterocycles. The van der Waals surface area contributed by atoms with Gasteiger partial charge < -0.3 is 5.73 Å². The van der Waals surface area contributed by atoms with Crippen molar-refractivity contribution >= 4 is 15.9 Å². The summed E-state index contributed by atoms with van der Waals surface area (Å²) >= 11 is 3.63. The molecular formula is C14H19BrN4. The van der Waals surface area contributed by atoms with Gasteiger partial charge in [-0.05, 0) is 46.5 Å². The lowest BCUT2D eigenvalue weighted by Gasteiger charge is -2.12. The topological polar surface area (TPSA) is 56.7 Å². The van der Waals surface area contributed by atoms with Crippen LogP contribution < -0.4 is 5.73 Å². The highest BCUT2D eigenvalue weighted by Crippen LogP contribution is 2.23. The zero-order chi connectivity index (χ0) is 13.8. The van der Waals surface area contributed by atoms with Gasteiger partial charge in [0.05, 0.1) is 15.9 Å². The molecule has 2 aromatic rings. The SMILES string of the molecule is CCc1nn(C)c(CC(N)Cc2ccncc2)c1Br. The highest BCUT2D eigenvalue weighted by molar-refractivity contribution is 9.10. The largest absolute Gasteiger partial charge is 0.327 e. The molecule has 0 saturated carbocycles. The first kappa shape index (κ1) is 14.2. The summed E-state index contributed by atoms with van der Waals surface area (Å²) in [6, 6.07) is 4.10. The van der Waals surface area contributed by atoms with Crippen molar-refractivity contribution in [3.8, 4) is 0 Å². The van der Waals surface area contributed by atoms with Gasteiger partial charge in [-0.1, -0.05) is 6.92 Å². The van der Waals surface area contributed by atoms with Crippen LogP contribution in [0, 0.1) is 0 Å². The fourth-order valence-electron chi connectivity index (χ4n) is 2.18. The Labute approximate surface area is 122 Å². The number of pyridine rings is 1. The summed E-state index contributed by atoms with van der Waals surface area (Å²) in [6.07, 6.45) is 6.19. The fraction of sp³-hybridized carbons (Fsp3) is 0.429. The van der Waals surface area contributed by atoms with E-state index in [1.54, 1.807) is 12.4 Å². The zero-order valence-corrected chi connectivity index (χ0v) is 12.9. The van der Waals surface area contributed by atoms with Gasteiger partial charge in [0.1, 0.15) is 0 Å². The average molecular weight is 323 g/mol. The molecule has 2 rings (SSSR count). The van der Waals surface area contributed by atoms with Crippen molar-refractivity contribution in [1.29, 1.82) is 0 Å². The Bertz CT molecular complexity index is 536. The first-order valence-corrected chi connectivity index (χ1v) is 7.25. The van der Waals surface area contributed by atoms with Crippen LogP contribution in [0.2, 0.25) is 0 Å². The summed E-state index contributed by atoms with van der Waals surface area (Å²) in [4.78, 5) is 4.02. The molecule has 0 radical (unpaired) electrons. The molecule has 19 heavy (non-hydrogen) atoms. The van der Waals surface area contributed by atoms with Gasteiger partial charge in [-0.15, -0.1) is 0 Å². The lowest BCUT2D eigenvalue weighted by atomic mass is 10.0. The molecule has 4 nitrogen and oxygen atoms in total. The van der Waals surface area contributed by atoms with E-state index < -0.39 is 0 Å². The standard InChI is InChI=1S/C14H19BrN4/c1-3-12-14(15)13(19(2)18-12)9-11(16)8-10-4-6-17-7-5-10/h4-7,11H,3,8-9,16H2,1-2H3. The van der Waals surface area contributed by atoms with Gasteiger partial charge in [0.15, 0.2) is 0 Å². The van der Waals surface area contributed by atoms with Gasteiger partial charge in [0, 0.05) is 31.9 Å². The third-order valence-electron chi connectivity index (χ3n) is 3.21. The molecule has 1 atom stereocenters. The fourth-order valence-corrected chi connectivity index (χ4v) is 2.96. The van der Waals surface area contributed by atoms with Crippen LogP contribution in [0.25, 0.3) is 0 Å². The summed E-state index contributed by atoms with van der Waals surface area (Å²) in [5.74, 6) is 0. The van der Waals surface area contributed by atoms with Crippen LogP contribution in [0.1, 0.15) is 23.9 Å². The van der Waals surface area contributed by atoms with Crippen LogP contribution in [-0.2, 0) is 26.3 Å². The van der Waals surface area contributed by atoms with E-state index in [0.717, 1.165) is 29.4 Å². The number of aryl methyl sites for hydroxylation is 2. The maximum Gasteiger partial charge on any atom is 0.0766 e. The van der Waals surface area contributed by atoms with Crippen LogP contribution in [0.5, 0.6) is 0 Å². The van der Waals surface area contributed by atoms with E-state index in [2.05, 4.69) is 32.9 Å². The first-order valence-electron chi connectivity index (χ1n) is 6.46. The van der Waals surface area contributed by atoms with Gasteiger partial charge in [-0.25, -0.2) is 0 Å². The second-order valence-electron chi connectivity index (χ2n) is 4.71. The van der Waals surface area contributed by atoms with Crippen molar-refractivity contribution in [1.82, 2.24) is 14.8 Å². The molecular weight excluding hydrogens is 304 g/mol. The number of nitrogens with zero attached hydrogens (tertiary/aromatic N) is 3. The maximum absolute atomic E-state index is 6.24. The molecule has 0 bridgehead atoms. The Balaban J connectivity index is 2.07. The third-order valence-corrected chi connectivity index (χ3v) is 4.12. The summed E-state index contributed by atoms with van der Waals surface area (Å²) in [5.41, 5.74) is 9.72. The predicted octanol–water partition coefficient (Wildman–Crippen LogP) is 2.25. The van der Waals surface area contributed by atoms with Crippen LogP contribution >= 0.6 is 15.9 Å². The zero-order valence-electron chi connectivity index (χ0n) is 11.3. The molecule has 102 valence electrons. The van der Waals surface area contributed by atoms with Crippen molar-refractivity contribution in [3.63, 3.8) is 0 Å². The van der Waals surface area contributed by atoms with Gasteiger partial charge in [0.2, 0.25) is 0 Å².